The van der Waals surface area contributed by atoms with Crippen LogP contribution in [-0.2, 0) is 6.42 Å². The largest absolute Gasteiger partial charge is 0.468 e. The first-order valence-corrected chi connectivity index (χ1v) is 5.97. The van der Waals surface area contributed by atoms with Crippen molar-refractivity contribution in [2.45, 2.75) is 11.8 Å². The summed E-state index contributed by atoms with van der Waals surface area (Å²) < 4.78 is 5.23. The Balaban J connectivity index is 2.12. The minimum Gasteiger partial charge on any atom is -0.468 e. The van der Waals surface area contributed by atoms with Gasteiger partial charge in [0, 0.05) is 0 Å². The van der Waals surface area contributed by atoms with Gasteiger partial charge in [-0.25, -0.2) is 0 Å². The van der Waals surface area contributed by atoms with E-state index < -0.39 is 0 Å². The van der Waals surface area contributed by atoms with Gasteiger partial charge in [-0.15, -0.1) is 11.6 Å². The van der Waals surface area contributed by atoms with Crippen molar-refractivity contribution in [2.24, 2.45) is 0 Å². The Bertz CT molecular complexity index is 465. The molecular formula is C12H9Cl3O. The molecule has 2 rings (SSSR count). The highest BCUT2D eigenvalue weighted by Crippen LogP contribution is 2.28. The Morgan fingerprint density at radius 3 is 2.56 bits per heavy atom. The molecule has 0 saturated heterocycles. The van der Waals surface area contributed by atoms with Crippen LogP contribution in [0.2, 0.25) is 10.0 Å². The second kappa shape index (κ2) is 5.13. The average molecular weight is 276 g/mol. The van der Waals surface area contributed by atoms with Gasteiger partial charge in [-0.1, -0.05) is 29.3 Å². The van der Waals surface area contributed by atoms with Crippen LogP contribution < -0.4 is 0 Å². The summed E-state index contributed by atoms with van der Waals surface area (Å²) in [5.74, 6) is 0.757. The molecule has 0 radical (unpaired) electrons. The maximum Gasteiger partial charge on any atom is 0.121 e. The lowest BCUT2D eigenvalue weighted by Crippen LogP contribution is -1.94. The summed E-state index contributed by atoms with van der Waals surface area (Å²) in [6.07, 6.45) is 2.27. The lowest BCUT2D eigenvalue weighted by atomic mass is 10.1. The van der Waals surface area contributed by atoms with Crippen LogP contribution in [-0.4, -0.2) is 0 Å². The van der Waals surface area contributed by atoms with E-state index in [-0.39, 0.29) is 5.38 Å². The fourth-order valence-electron chi connectivity index (χ4n) is 1.44. The Morgan fingerprint density at radius 1 is 1.12 bits per heavy atom. The van der Waals surface area contributed by atoms with E-state index in [1.54, 1.807) is 12.3 Å². The molecule has 2 aromatic rings. The quantitative estimate of drug-likeness (QED) is 0.710. The van der Waals surface area contributed by atoms with E-state index >= 15 is 0 Å². The first kappa shape index (κ1) is 11.8. The van der Waals surface area contributed by atoms with Gasteiger partial charge < -0.3 is 4.42 Å². The van der Waals surface area contributed by atoms with E-state index in [1.165, 1.54) is 0 Å². The highest BCUT2D eigenvalue weighted by atomic mass is 35.5. The Kier molecular flexibility index (Phi) is 3.80. The molecule has 0 aliphatic carbocycles. The molecule has 0 aliphatic rings. The SMILES string of the molecule is Clc1ccc(CC(Cl)c2ccco2)cc1Cl. The average Bonchev–Trinajstić information content (AvgIpc) is 2.77. The summed E-state index contributed by atoms with van der Waals surface area (Å²) in [6, 6.07) is 9.18. The molecule has 0 bridgehead atoms. The number of furan rings is 1. The van der Waals surface area contributed by atoms with E-state index in [0.717, 1.165) is 11.3 Å². The number of alkyl halides is 1. The van der Waals surface area contributed by atoms with Crippen LogP contribution in [0.4, 0.5) is 0 Å². The van der Waals surface area contributed by atoms with Gasteiger partial charge in [0.1, 0.15) is 5.76 Å². The van der Waals surface area contributed by atoms with Crippen molar-refractivity contribution >= 4 is 34.8 Å². The van der Waals surface area contributed by atoms with Gasteiger partial charge in [-0.3, -0.25) is 0 Å². The van der Waals surface area contributed by atoms with Crippen molar-refractivity contribution in [1.82, 2.24) is 0 Å². The molecule has 1 aromatic carbocycles. The smallest absolute Gasteiger partial charge is 0.121 e. The second-order valence-corrected chi connectivity index (χ2v) is 4.78. The third kappa shape index (κ3) is 2.73. The summed E-state index contributed by atoms with van der Waals surface area (Å²) in [7, 11) is 0. The molecule has 0 spiro atoms. The van der Waals surface area contributed by atoms with Crippen molar-refractivity contribution in [1.29, 1.82) is 0 Å². The lowest BCUT2D eigenvalue weighted by Gasteiger charge is -2.07. The molecule has 1 nitrogen and oxygen atoms in total. The highest BCUT2D eigenvalue weighted by Gasteiger charge is 2.12. The van der Waals surface area contributed by atoms with Crippen LogP contribution in [0.25, 0.3) is 0 Å². The van der Waals surface area contributed by atoms with Crippen molar-refractivity contribution in [3.8, 4) is 0 Å². The number of benzene rings is 1. The predicted octanol–water partition coefficient (Wildman–Crippen LogP) is 5.11. The van der Waals surface area contributed by atoms with Crippen LogP contribution in [0.15, 0.2) is 41.0 Å². The van der Waals surface area contributed by atoms with Crippen LogP contribution in [0, 0.1) is 0 Å². The van der Waals surface area contributed by atoms with Gasteiger partial charge in [0.25, 0.3) is 0 Å². The molecule has 1 unspecified atom stereocenters. The van der Waals surface area contributed by atoms with E-state index in [2.05, 4.69) is 0 Å². The summed E-state index contributed by atoms with van der Waals surface area (Å²) in [5, 5.41) is 0.907. The molecule has 0 amide bonds. The molecule has 0 N–H and O–H groups in total. The van der Waals surface area contributed by atoms with Gasteiger partial charge in [-0.05, 0) is 36.2 Å². The standard InChI is InChI=1S/C12H9Cl3O/c13-9-4-3-8(6-10(9)14)7-11(15)12-2-1-5-16-12/h1-6,11H,7H2. The van der Waals surface area contributed by atoms with E-state index in [4.69, 9.17) is 39.2 Å². The van der Waals surface area contributed by atoms with Crippen molar-refractivity contribution < 1.29 is 4.42 Å². The fourth-order valence-corrected chi connectivity index (χ4v) is 2.07. The highest BCUT2D eigenvalue weighted by molar-refractivity contribution is 6.42. The molecule has 84 valence electrons. The van der Waals surface area contributed by atoms with Crippen LogP contribution in [0.5, 0.6) is 0 Å². The predicted molar refractivity (Wildman–Crippen MR) is 67.5 cm³/mol. The Morgan fingerprint density at radius 2 is 1.94 bits per heavy atom. The topological polar surface area (TPSA) is 13.1 Å². The zero-order valence-corrected chi connectivity index (χ0v) is 10.6. The molecule has 4 heteroatoms. The zero-order chi connectivity index (χ0) is 11.5. The minimum absolute atomic E-state index is 0.188. The number of hydrogen-bond acceptors (Lipinski definition) is 1. The first-order chi connectivity index (χ1) is 7.66. The van der Waals surface area contributed by atoms with Gasteiger partial charge >= 0.3 is 0 Å². The molecular weight excluding hydrogens is 266 g/mol. The number of hydrogen-bond donors (Lipinski definition) is 0. The van der Waals surface area contributed by atoms with Crippen LogP contribution in [0.3, 0.4) is 0 Å². The van der Waals surface area contributed by atoms with Gasteiger partial charge in [-0.2, -0.15) is 0 Å². The molecule has 16 heavy (non-hydrogen) atoms. The summed E-state index contributed by atoms with van der Waals surface area (Å²) in [4.78, 5) is 0. The summed E-state index contributed by atoms with van der Waals surface area (Å²) in [5.41, 5.74) is 1.03. The third-order valence-electron chi connectivity index (χ3n) is 2.25. The maximum atomic E-state index is 6.20. The minimum atomic E-state index is -0.188. The second-order valence-electron chi connectivity index (χ2n) is 3.44. The van der Waals surface area contributed by atoms with Crippen molar-refractivity contribution in [3.05, 3.63) is 58.0 Å². The molecule has 1 atom stereocenters. The van der Waals surface area contributed by atoms with Crippen molar-refractivity contribution in [3.63, 3.8) is 0 Å². The third-order valence-corrected chi connectivity index (χ3v) is 3.36. The van der Waals surface area contributed by atoms with Crippen LogP contribution in [0.1, 0.15) is 16.7 Å². The van der Waals surface area contributed by atoms with Gasteiger partial charge in [0.05, 0.1) is 21.7 Å². The van der Waals surface area contributed by atoms with Gasteiger partial charge in [0.15, 0.2) is 0 Å². The molecule has 0 fully saturated rings. The molecule has 0 saturated carbocycles. The molecule has 1 heterocycles. The fraction of sp³-hybridized carbons (Fsp3) is 0.167. The monoisotopic (exact) mass is 274 g/mol. The number of halogens is 3. The Hall–Kier alpha value is -0.630. The number of rotatable bonds is 3. The van der Waals surface area contributed by atoms with Gasteiger partial charge in [0.2, 0.25) is 0 Å². The van der Waals surface area contributed by atoms with Crippen LogP contribution >= 0.6 is 34.8 Å². The molecule has 1 aromatic heterocycles. The summed E-state index contributed by atoms with van der Waals surface area (Å²) >= 11 is 18.0. The van der Waals surface area contributed by atoms with Crippen molar-refractivity contribution in [2.75, 3.05) is 0 Å². The summed E-state index contributed by atoms with van der Waals surface area (Å²) in [6.45, 7) is 0. The molecule has 0 aliphatic heterocycles. The lowest BCUT2D eigenvalue weighted by molar-refractivity contribution is 0.502. The zero-order valence-electron chi connectivity index (χ0n) is 8.29. The first-order valence-electron chi connectivity index (χ1n) is 4.78. The Labute approximate surface area is 109 Å². The van der Waals surface area contributed by atoms with E-state index in [0.29, 0.717) is 16.5 Å². The maximum absolute atomic E-state index is 6.20. The van der Waals surface area contributed by atoms with E-state index in [1.807, 2.05) is 24.3 Å². The normalized spacial score (nSPS) is 12.7. The van der Waals surface area contributed by atoms with E-state index in [9.17, 15) is 0 Å².